The summed E-state index contributed by atoms with van der Waals surface area (Å²) in [5, 5.41) is 13.4. The van der Waals surface area contributed by atoms with Gasteiger partial charge in [-0.25, -0.2) is 0 Å². The quantitative estimate of drug-likeness (QED) is 0.640. The molecule has 2 rings (SSSR count). The molecule has 0 aliphatic heterocycles. The third-order valence-corrected chi connectivity index (χ3v) is 3.37. The van der Waals surface area contributed by atoms with E-state index in [0.717, 1.165) is 5.56 Å². The standard InChI is InChI=1S/C16H15ClN2O4/c1-11-2-5-13(6-3-11)23-9-8-16(20)18-12-4-7-14(17)15(10-12)19(21)22/h2-7,10H,8-9H2,1H3,(H,18,20). The topological polar surface area (TPSA) is 81.5 Å². The van der Waals surface area contributed by atoms with Crippen molar-refractivity contribution >= 4 is 28.9 Å². The van der Waals surface area contributed by atoms with Gasteiger partial charge in [-0.1, -0.05) is 29.3 Å². The summed E-state index contributed by atoms with van der Waals surface area (Å²) in [5.41, 5.74) is 1.20. The Morgan fingerprint density at radius 2 is 1.96 bits per heavy atom. The van der Waals surface area contributed by atoms with Crippen molar-refractivity contribution in [1.82, 2.24) is 0 Å². The summed E-state index contributed by atoms with van der Waals surface area (Å²) < 4.78 is 5.46. The van der Waals surface area contributed by atoms with Crippen LogP contribution in [-0.4, -0.2) is 17.4 Å². The number of nitro benzene ring substituents is 1. The molecule has 0 spiro atoms. The zero-order chi connectivity index (χ0) is 16.8. The lowest BCUT2D eigenvalue weighted by Crippen LogP contribution is -2.15. The van der Waals surface area contributed by atoms with Gasteiger partial charge in [-0.2, -0.15) is 0 Å². The van der Waals surface area contributed by atoms with Gasteiger partial charge in [0.2, 0.25) is 5.91 Å². The number of rotatable bonds is 6. The van der Waals surface area contributed by atoms with E-state index in [9.17, 15) is 14.9 Å². The molecule has 0 aromatic heterocycles. The maximum absolute atomic E-state index is 11.8. The zero-order valence-corrected chi connectivity index (χ0v) is 13.2. The van der Waals surface area contributed by atoms with Crippen LogP contribution < -0.4 is 10.1 Å². The van der Waals surface area contributed by atoms with Crippen LogP contribution in [0.1, 0.15) is 12.0 Å². The molecule has 1 N–H and O–H groups in total. The van der Waals surface area contributed by atoms with Crippen LogP contribution in [0.3, 0.4) is 0 Å². The zero-order valence-electron chi connectivity index (χ0n) is 12.4. The summed E-state index contributed by atoms with van der Waals surface area (Å²) in [5.74, 6) is 0.388. The molecule has 0 aliphatic rings. The second-order valence-electron chi connectivity index (χ2n) is 4.88. The average molecular weight is 335 g/mol. The van der Waals surface area contributed by atoms with Crippen molar-refractivity contribution in [3.8, 4) is 5.75 Å². The highest BCUT2D eigenvalue weighted by Gasteiger charge is 2.13. The molecule has 1 amide bonds. The number of halogens is 1. The number of benzene rings is 2. The molecule has 7 heteroatoms. The van der Waals surface area contributed by atoms with Crippen molar-refractivity contribution in [3.63, 3.8) is 0 Å². The van der Waals surface area contributed by atoms with Crippen LogP contribution in [0.25, 0.3) is 0 Å². The third kappa shape index (κ3) is 4.96. The van der Waals surface area contributed by atoms with Crippen LogP contribution in [0.15, 0.2) is 42.5 Å². The number of nitro groups is 1. The number of ether oxygens (including phenoxy) is 1. The molecule has 2 aromatic carbocycles. The van der Waals surface area contributed by atoms with Gasteiger partial charge in [0, 0.05) is 11.8 Å². The van der Waals surface area contributed by atoms with Gasteiger partial charge in [0.05, 0.1) is 18.0 Å². The number of aryl methyl sites for hydroxylation is 1. The first-order chi connectivity index (χ1) is 11.0. The van der Waals surface area contributed by atoms with Gasteiger partial charge in [-0.3, -0.25) is 14.9 Å². The average Bonchev–Trinajstić information content (AvgIpc) is 2.51. The van der Waals surface area contributed by atoms with Gasteiger partial charge in [-0.15, -0.1) is 0 Å². The van der Waals surface area contributed by atoms with Crippen LogP contribution in [-0.2, 0) is 4.79 Å². The van der Waals surface area contributed by atoms with E-state index in [1.165, 1.54) is 18.2 Å². The molecule has 6 nitrogen and oxygen atoms in total. The molecule has 0 bridgehead atoms. The fraction of sp³-hybridized carbons (Fsp3) is 0.188. The van der Waals surface area contributed by atoms with Crippen molar-refractivity contribution in [2.75, 3.05) is 11.9 Å². The predicted molar refractivity (Wildman–Crippen MR) is 88.0 cm³/mol. The second-order valence-corrected chi connectivity index (χ2v) is 5.29. The first-order valence-electron chi connectivity index (χ1n) is 6.89. The van der Waals surface area contributed by atoms with Gasteiger partial charge in [-0.05, 0) is 31.2 Å². The van der Waals surface area contributed by atoms with Crippen molar-refractivity contribution in [3.05, 3.63) is 63.2 Å². The SMILES string of the molecule is Cc1ccc(OCCC(=O)Nc2ccc(Cl)c([N+](=O)[O-])c2)cc1. The minimum atomic E-state index is -0.599. The molecule has 120 valence electrons. The number of anilines is 1. The van der Waals surface area contributed by atoms with Gasteiger partial charge < -0.3 is 10.1 Å². The van der Waals surface area contributed by atoms with Crippen LogP contribution in [0.5, 0.6) is 5.75 Å². The Bertz CT molecular complexity index is 717. The normalized spacial score (nSPS) is 10.2. The Morgan fingerprint density at radius 3 is 2.61 bits per heavy atom. The number of hydrogen-bond donors (Lipinski definition) is 1. The molecule has 0 atom stereocenters. The molecule has 0 aliphatic carbocycles. The molecular weight excluding hydrogens is 320 g/mol. The van der Waals surface area contributed by atoms with Gasteiger partial charge >= 0.3 is 0 Å². The minimum absolute atomic E-state index is 0.0238. The van der Waals surface area contributed by atoms with Gasteiger partial charge in [0.15, 0.2) is 0 Å². The number of nitrogens with one attached hydrogen (secondary N) is 1. The molecule has 0 heterocycles. The third-order valence-electron chi connectivity index (χ3n) is 3.05. The highest BCUT2D eigenvalue weighted by molar-refractivity contribution is 6.32. The smallest absolute Gasteiger partial charge is 0.289 e. The Labute approximate surface area is 138 Å². The van der Waals surface area contributed by atoms with Crippen LogP contribution >= 0.6 is 11.6 Å². The van der Waals surface area contributed by atoms with Crippen molar-refractivity contribution in [2.24, 2.45) is 0 Å². The highest BCUT2D eigenvalue weighted by atomic mass is 35.5. The molecule has 0 saturated heterocycles. The molecular formula is C16H15ClN2O4. The van der Waals surface area contributed by atoms with Crippen LogP contribution in [0, 0.1) is 17.0 Å². The van der Waals surface area contributed by atoms with Crippen molar-refractivity contribution in [1.29, 1.82) is 0 Å². The maximum Gasteiger partial charge on any atom is 0.289 e. The lowest BCUT2D eigenvalue weighted by molar-refractivity contribution is -0.384. The van der Waals surface area contributed by atoms with Gasteiger partial charge in [0.25, 0.3) is 5.69 Å². The molecule has 0 fully saturated rings. The summed E-state index contributed by atoms with van der Waals surface area (Å²) in [7, 11) is 0. The summed E-state index contributed by atoms with van der Waals surface area (Å²) in [6, 6.07) is 11.6. The molecule has 2 aromatic rings. The number of amides is 1. The van der Waals surface area contributed by atoms with E-state index in [1.54, 1.807) is 0 Å². The number of hydrogen-bond acceptors (Lipinski definition) is 4. The first-order valence-corrected chi connectivity index (χ1v) is 7.27. The van der Waals surface area contributed by atoms with E-state index in [0.29, 0.717) is 11.4 Å². The molecule has 0 unspecified atom stereocenters. The molecule has 0 radical (unpaired) electrons. The number of carbonyl (C=O) groups excluding carboxylic acids is 1. The summed E-state index contributed by atoms with van der Waals surface area (Å²) >= 11 is 5.72. The monoisotopic (exact) mass is 334 g/mol. The largest absolute Gasteiger partial charge is 0.493 e. The van der Waals surface area contributed by atoms with Crippen molar-refractivity contribution in [2.45, 2.75) is 13.3 Å². The lowest BCUT2D eigenvalue weighted by Gasteiger charge is -2.08. The van der Waals surface area contributed by atoms with E-state index in [4.69, 9.17) is 16.3 Å². The Balaban J connectivity index is 1.86. The van der Waals surface area contributed by atoms with E-state index in [-0.39, 0.29) is 29.6 Å². The summed E-state index contributed by atoms with van der Waals surface area (Å²) in [6.07, 6.45) is 0.129. The Morgan fingerprint density at radius 1 is 1.26 bits per heavy atom. The summed E-state index contributed by atoms with van der Waals surface area (Å²) in [4.78, 5) is 22.0. The number of nitrogens with zero attached hydrogens (tertiary/aromatic N) is 1. The number of carbonyl (C=O) groups is 1. The van der Waals surface area contributed by atoms with Crippen molar-refractivity contribution < 1.29 is 14.5 Å². The second kappa shape index (κ2) is 7.60. The maximum atomic E-state index is 11.8. The molecule has 0 saturated carbocycles. The van der Waals surface area contributed by atoms with E-state index in [2.05, 4.69) is 5.32 Å². The van der Waals surface area contributed by atoms with Gasteiger partial charge in [0.1, 0.15) is 10.8 Å². The Kier molecular flexibility index (Phi) is 5.54. The summed E-state index contributed by atoms with van der Waals surface area (Å²) in [6.45, 7) is 2.19. The van der Waals surface area contributed by atoms with Crippen LogP contribution in [0.2, 0.25) is 5.02 Å². The minimum Gasteiger partial charge on any atom is -0.493 e. The first kappa shape index (κ1) is 16.8. The molecule has 23 heavy (non-hydrogen) atoms. The van der Waals surface area contributed by atoms with E-state index >= 15 is 0 Å². The lowest BCUT2D eigenvalue weighted by atomic mass is 10.2. The highest BCUT2D eigenvalue weighted by Crippen LogP contribution is 2.27. The van der Waals surface area contributed by atoms with E-state index < -0.39 is 4.92 Å². The Hall–Kier alpha value is -2.60. The van der Waals surface area contributed by atoms with E-state index in [1.807, 2.05) is 31.2 Å². The fourth-order valence-electron chi connectivity index (χ4n) is 1.85. The fourth-order valence-corrected chi connectivity index (χ4v) is 2.04. The predicted octanol–water partition coefficient (Wildman–Crippen LogP) is 3.96. The van der Waals surface area contributed by atoms with Crippen LogP contribution in [0.4, 0.5) is 11.4 Å².